The normalized spacial score (nSPS) is 10.2. The van der Waals surface area contributed by atoms with Crippen LogP contribution < -0.4 is 9.47 Å². The molecular formula is C15H16ClNO2. The molecule has 0 atom stereocenters. The molecule has 4 heteroatoms. The zero-order valence-electron chi connectivity index (χ0n) is 10.8. The fraction of sp³-hybridized carbons (Fsp3) is 0.267. The summed E-state index contributed by atoms with van der Waals surface area (Å²) in [7, 11) is 1.64. The zero-order valence-corrected chi connectivity index (χ0v) is 11.6. The summed E-state index contributed by atoms with van der Waals surface area (Å²) in [5, 5.41) is 0. The highest BCUT2D eigenvalue weighted by Gasteiger charge is 2.05. The van der Waals surface area contributed by atoms with Crippen LogP contribution in [0.5, 0.6) is 11.5 Å². The topological polar surface area (TPSA) is 31.4 Å². The van der Waals surface area contributed by atoms with Gasteiger partial charge in [0.15, 0.2) is 0 Å². The van der Waals surface area contributed by atoms with Crippen molar-refractivity contribution in [3.05, 3.63) is 53.9 Å². The highest BCUT2D eigenvalue weighted by Crippen LogP contribution is 2.26. The quantitative estimate of drug-likeness (QED) is 0.758. The van der Waals surface area contributed by atoms with Crippen LogP contribution >= 0.6 is 11.6 Å². The number of pyridine rings is 1. The number of nitrogens with zero attached hydrogens (tertiary/aromatic N) is 1. The van der Waals surface area contributed by atoms with Gasteiger partial charge in [-0.05, 0) is 23.8 Å². The third-order valence-corrected chi connectivity index (χ3v) is 3.10. The van der Waals surface area contributed by atoms with Crippen molar-refractivity contribution in [2.24, 2.45) is 0 Å². The summed E-state index contributed by atoms with van der Waals surface area (Å²) >= 11 is 5.89. The largest absolute Gasteiger partial charge is 0.497 e. The van der Waals surface area contributed by atoms with Gasteiger partial charge < -0.3 is 9.47 Å². The lowest BCUT2D eigenvalue weighted by molar-refractivity contribution is 0.316. The molecule has 2 aromatic rings. The van der Waals surface area contributed by atoms with Gasteiger partial charge in [-0.2, -0.15) is 0 Å². The van der Waals surface area contributed by atoms with E-state index in [1.54, 1.807) is 19.5 Å². The van der Waals surface area contributed by atoms with Crippen molar-refractivity contribution in [1.82, 2.24) is 4.98 Å². The van der Waals surface area contributed by atoms with Crippen LogP contribution in [0.1, 0.15) is 11.1 Å². The number of ether oxygens (including phenoxy) is 2. The van der Waals surface area contributed by atoms with E-state index in [2.05, 4.69) is 4.98 Å². The summed E-state index contributed by atoms with van der Waals surface area (Å²) in [6.45, 7) is 0.598. The maximum Gasteiger partial charge on any atom is 0.127 e. The zero-order chi connectivity index (χ0) is 13.5. The molecule has 0 fully saturated rings. The van der Waals surface area contributed by atoms with Gasteiger partial charge in [-0.15, -0.1) is 11.6 Å². The Bertz CT molecular complexity index is 517. The Kier molecular flexibility index (Phi) is 5.04. The van der Waals surface area contributed by atoms with Crippen LogP contribution in [-0.2, 0) is 12.3 Å². The van der Waals surface area contributed by atoms with E-state index in [4.69, 9.17) is 21.1 Å². The third-order valence-electron chi connectivity index (χ3n) is 2.82. The van der Waals surface area contributed by atoms with Gasteiger partial charge in [0.2, 0.25) is 0 Å². The number of benzene rings is 1. The molecule has 0 N–H and O–H groups in total. The Balaban J connectivity index is 1.98. The number of hydrogen-bond acceptors (Lipinski definition) is 3. The van der Waals surface area contributed by atoms with Crippen molar-refractivity contribution in [3.63, 3.8) is 0 Å². The molecule has 100 valence electrons. The smallest absolute Gasteiger partial charge is 0.127 e. The number of hydrogen-bond donors (Lipinski definition) is 0. The van der Waals surface area contributed by atoms with Crippen LogP contribution in [0.25, 0.3) is 0 Å². The fourth-order valence-electron chi connectivity index (χ4n) is 1.73. The summed E-state index contributed by atoms with van der Waals surface area (Å²) in [4.78, 5) is 3.99. The van der Waals surface area contributed by atoms with Gasteiger partial charge in [0.25, 0.3) is 0 Å². The highest BCUT2D eigenvalue weighted by atomic mass is 35.5. The molecule has 0 aliphatic rings. The second kappa shape index (κ2) is 7.00. The van der Waals surface area contributed by atoms with Crippen LogP contribution in [0.4, 0.5) is 0 Å². The first kappa shape index (κ1) is 13.7. The van der Waals surface area contributed by atoms with Gasteiger partial charge in [-0.25, -0.2) is 0 Å². The Hall–Kier alpha value is -1.74. The second-order valence-corrected chi connectivity index (χ2v) is 4.33. The minimum atomic E-state index is 0.425. The van der Waals surface area contributed by atoms with Crippen molar-refractivity contribution >= 4 is 11.6 Å². The maximum atomic E-state index is 5.89. The van der Waals surface area contributed by atoms with Crippen LogP contribution in [0.15, 0.2) is 42.7 Å². The van der Waals surface area contributed by atoms with Crippen molar-refractivity contribution in [2.75, 3.05) is 13.7 Å². The summed E-state index contributed by atoms with van der Waals surface area (Å²) in [6.07, 6.45) is 4.40. The lowest BCUT2D eigenvalue weighted by Gasteiger charge is -2.11. The van der Waals surface area contributed by atoms with Gasteiger partial charge in [0.1, 0.15) is 11.5 Å². The molecule has 0 radical (unpaired) electrons. The molecule has 2 rings (SSSR count). The average Bonchev–Trinajstić information content (AvgIpc) is 2.48. The predicted octanol–water partition coefficient (Wildman–Crippen LogP) is 3.45. The number of rotatable bonds is 6. The number of halogens is 1. The molecule has 19 heavy (non-hydrogen) atoms. The SMILES string of the molecule is COc1ccc(CCl)c(OCCc2ccncc2)c1. The molecule has 0 saturated heterocycles. The highest BCUT2D eigenvalue weighted by molar-refractivity contribution is 6.17. The summed E-state index contributed by atoms with van der Waals surface area (Å²) < 4.78 is 11.0. The first-order valence-electron chi connectivity index (χ1n) is 6.08. The minimum Gasteiger partial charge on any atom is -0.497 e. The van der Waals surface area contributed by atoms with E-state index < -0.39 is 0 Å². The van der Waals surface area contributed by atoms with Gasteiger partial charge >= 0.3 is 0 Å². The van der Waals surface area contributed by atoms with E-state index in [0.717, 1.165) is 23.5 Å². The van der Waals surface area contributed by atoms with E-state index in [1.807, 2.05) is 30.3 Å². The maximum absolute atomic E-state index is 5.89. The monoisotopic (exact) mass is 277 g/mol. The van der Waals surface area contributed by atoms with Gasteiger partial charge in [-0.1, -0.05) is 6.07 Å². The Labute approximate surface area is 118 Å². The number of aromatic nitrogens is 1. The van der Waals surface area contributed by atoms with Crippen molar-refractivity contribution in [2.45, 2.75) is 12.3 Å². The predicted molar refractivity (Wildman–Crippen MR) is 76.0 cm³/mol. The van der Waals surface area contributed by atoms with Gasteiger partial charge in [-0.3, -0.25) is 4.98 Å². The van der Waals surface area contributed by atoms with Gasteiger partial charge in [0.05, 0.1) is 19.6 Å². The fourth-order valence-corrected chi connectivity index (χ4v) is 1.96. The van der Waals surface area contributed by atoms with Crippen LogP contribution in [0, 0.1) is 0 Å². The molecule has 3 nitrogen and oxygen atoms in total. The Morgan fingerprint density at radius 1 is 1.16 bits per heavy atom. The first-order valence-corrected chi connectivity index (χ1v) is 6.61. The molecule has 0 aliphatic heterocycles. The standard InChI is InChI=1S/C15H16ClNO2/c1-18-14-3-2-13(11-16)15(10-14)19-9-6-12-4-7-17-8-5-12/h2-5,7-8,10H,6,9,11H2,1H3. The minimum absolute atomic E-state index is 0.425. The van der Waals surface area contributed by atoms with Crippen LogP contribution in [-0.4, -0.2) is 18.7 Å². The third kappa shape index (κ3) is 3.86. The molecule has 0 unspecified atom stereocenters. The molecule has 1 heterocycles. The molecule has 0 bridgehead atoms. The van der Waals surface area contributed by atoms with E-state index in [-0.39, 0.29) is 0 Å². The molecular weight excluding hydrogens is 262 g/mol. The second-order valence-electron chi connectivity index (χ2n) is 4.06. The summed E-state index contributed by atoms with van der Waals surface area (Å²) in [5.41, 5.74) is 2.17. The van der Waals surface area contributed by atoms with Crippen molar-refractivity contribution in [3.8, 4) is 11.5 Å². The first-order chi connectivity index (χ1) is 9.33. The molecule has 0 aliphatic carbocycles. The van der Waals surface area contributed by atoms with E-state index in [0.29, 0.717) is 12.5 Å². The number of alkyl halides is 1. The Morgan fingerprint density at radius 3 is 2.63 bits per heavy atom. The lowest BCUT2D eigenvalue weighted by atomic mass is 10.2. The van der Waals surface area contributed by atoms with E-state index in [1.165, 1.54) is 5.56 Å². The van der Waals surface area contributed by atoms with Crippen LogP contribution in [0.2, 0.25) is 0 Å². The van der Waals surface area contributed by atoms with E-state index in [9.17, 15) is 0 Å². The molecule has 0 spiro atoms. The average molecular weight is 278 g/mol. The Morgan fingerprint density at radius 2 is 1.95 bits per heavy atom. The van der Waals surface area contributed by atoms with Crippen LogP contribution in [0.3, 0.4) is 0 Å². The summed E-state index contributed by atoms with van der Waals surface area (Å²) in [5.74, 6) is 1.98. The van der Waals surface area contributed by atoms with Gasteiger partial charge in [0, 0.05) is 30.4 Å². The molecule has 1 aromatic heterocycles. The molecule has 1 aromatic carbocycles. The molecule has 0 amide bonds. The number of methoxy groups -OCH3 is 1. The summed E-state index contributed by atoms with van der Waals surface area (Å²) in [6, 6.07) is 9.64. The van der Waals surface area contributed by atoms with Crippen molar-refractivity contribution < 1.29 is 9.47 Å². The van der Waals surface area contributed by atoms with E-state index >= 15 is 0 Å². The van der Waals surface area contributed by atoms with Crippen molar-refractivity contribution in [1.29, 1.82) is 0 Å². The molecule has 0 saturated carbocycles. The lowest BCUT2D eigenvalue weighted by Crippen LogP contribution is -2.03.